The van der Waals surface area contributed by atoms with Crippen molar-refractivity contribution in [3.8, 4) is 34.5 Å². The molecule has 2 aromatic rings. The molecule has 0 fully saturated rings. The molecule has 0 saturated heterocycles. The third-order valence-corrected chi connectivity index (χ3v) is 3.68. The van der Waals surface area contributed by atoms with Crippen LogP contribution >= 0.6 is 0 Å². The van der Waals surface area contributed by atoms with Crippen LogP contribution in [0.3, 0.4) is 0 Å². The Balaban J connectivity index is 2.65. The summed E-state index contributed by atoms with van der Waals surface area (Å²) >= 11 is 0. The van der Waals surface area contributed by atoms with Crippen molar-refractivity contribution in [3.05, 3.63) is 35.4 Å². The summed E-state index contributed by atoms with van der Waals surface area (Å²) in [5, 5.41) is 10.0. The van der Waals surface area contributed by atoms with Crippen LogP contribution < -0.4 is 23.7 Å². The Bertz CT molecular complexity index is 733. The highest BCUT2D eigenvalue weighted by molar-refractivity contribution is 6.13. The fourth-order valence-electron chi connectivity index (χ4n) is 2.40. The van der Waals surface area contributed by atoms with Crippen molar-refractivity contribution in [3.63, 3.8) is 0 Å². The minimum Gasteiger partial charge on any atom is -0.502 e. The quantitative estimate of drug-likeness (QED) is 0.770. The number of hydrogen-bond acceptors (Lipinski definition) is 7. The third kappa shape index (κ3) is 3.40. The summed E-state index contributed by atoms with van der Waals surface area (Å²) in [6, 6.07) is 6.02. The van der Waals surface area contributed by atoms with Gasteiger partial charge in [0.1, 0.15) is 22.8 Å². The van der Waals surface area contributed by atoms with Gasteiger partial charge in [-0.15, -0.1) is 0 Å². The van der Waals surface area contributed by atoms with Crippen molar-refractivity contribution in [2.75, 3.05) is 35.5 Å². The van der Waals surface area contributed by atoms with Crippen molar-refractivity contribution in [2.45, 2.75) is 0 Å². The van der Waals surface area contributed by atoms with Crippen molar-refractivity contribution >= 4 is 5.78 Å². The van der Waals surface area contributed by atoms with Gasteiger partial charge in [0.15, 0.2) is 11.5 Å². The molecule has 0 heterocycles. The van der Waals surface area contributed by atoms with E-state index in [1.54, 1.807) is 12.1 Å². The maximum absolute atomic E-state index is 13.1. The van der Waals surface area contributed by atoms with Crippen LogP contribution in [0.5, 0.6) is 34.5 Å². The molecule has 7 heteroatoms. The molecule has 1 N–H and O–H groups in total. The number of rotatable bonds is 7. The second-order valence-electron chi connectivity index (χ2n) is 4.97. The number of methoxy groups -OCH3 is 5. The minimum absolute atomic E-state index is 0.120. The van der Waals surface area contributed by atoms with Gasteiger partial charge in [0.25, 0.3) is 0 Å². The number of carbonyl (C=O) groups is 1. The van der Waals surface area contributed by atoms with E-state index in [1.807, 2.05) is 0 Å². The molecular weight excluding hydrogens is 328 g/mol. The molecular formula is C18H20O7. The van der Waals surface area contributed by atoms with Gasteiger partial charge in [-0.2, -0.15) is 0 Å². The van der Waals surface area contributed by atoms with E-state index in [1.165, 1.54) is 47.7 Å². The van der Waals surface area contributed by atoms with E-state index in [4.69, 9.17) is 23.7 Å². The summed E-state index contributed by atoms with van der Waals surface area (Å²) < 4.78 is 26.0. The standard InChI is InChI=1S/C18H20O7/c1-21-11-8-12(22-2)16(13(9-11)23-3)17(19)10-6-14(24-4)18(20)15(7-10)25-5/h6-9,20H,1-5H3. The van der Waals surface area contributed by atoms with Gasteiger partial charge in [-0.05, 0) is 12.1 Å². The van der Waals surface area contributed by atoms with E-state index in [2.05, 4.69) is 0 Å². The van der Waals surface area contributed by atoms with Gasteiger partial charge in [-0.3, -0.25) is 4.79 Å². The van der Waals surface area contributed by atoms with Crippen LogP contribution in [-0.4, -0.2) is 46.4 Å². The van der Waals surface area contributed by atoms with Crippen LogP contribution in [0.15, 0.2) is 24.3 Å². The first-order valence-electron chi connectivity index (χ1n) is 7.30. The predicted octanol–water partition coefficient (Wildman–Crippen LogP) is 2.67. The fraction of sp³-hybridized carbons (Fsp3) is 0.278. The fourth-order valence-corrected chi connectivity index (χ4v) is 2.40. The Morgan fingerprint density at radius 3 is 1.52 bits per heavy atom. The zero-order valence-electron chi connectivity index (χ0n) is 14.7. The summed E-state index contributed by atoms with van der Waals surface area (Å²) in [5.74, 6) is 0.761. The molecule has 25 heavy (non-hydrogen) atoms. The average molecular weight is 348 g/mol. The Morgan fingerprint density at radius 1 is 0.720 bits per heavy atom. The smallest absolute Gasteiger partial charge is 0.200 e. The Morgan fingerprint density at radius 2 is 1.16 bits per heavy atom. The molecule has 0 aliphatic rings. The van der Waals surface area contributed by atoms with Gasteiger partial charge in [0.2, 0.25) is 11.5 Å². The molecule has 7 nitrogen and oxygen atoms in total. The van der Waals surface area contributed by atoms with Gasteiger partial charge in [-0.1, -0.05) is 0 Å². The molecule has 0 unspecified atom stereocenters. The van der Waals surface area contributed by atoms with E-state index in [-0.39, 0.29) is 34.2 Å². The molecule has 0 aromatic heterocycles. The molecule has 0 bridgehead atoms. The zero-order chi connectivity index (χ0) is 18.6. The van der Waals surface area contributed by atoms with Gasteiger partial charge in [-0.25, -0.2) is 0 Å². The van der Waals surface area contributed by atoms with Crippen LogP contribution in [0, 0.1) is 0 Å². The van der Waals surface area contributed by atoms with Gasteiger partial charge >= 0.3 is 0 Å². The number of carbonyl (C=O) groups excluding carboxylic acids is 1. The molecule has 2 aromatic carbocycles. The Kier molecular flexibility index (Phi) is 5.59. The lowest BCUT2D eigenvalue weighted by Crippen LogP contribution is -2.08. The molecule has 0 amide bonds. The first-order valence-corrected chi connectivity index (χ1v) is 7.30. The molecule has 0 saturated carbocycles. The maximum Gasteiger partial charge on any atom is 0.200 e. The van der Waals surface area contributed by atoms with Crippen molar-refractivity contribution in [1.82, 2.24) is 0 Å². The summed E-state index contributed by atoms with van der Waals surface area (Å²) in [5.41, 5.74) is 0.467. The molecule has 0 aliphatic carbocycles. The SMILES string of the molecule is COc1cc(OC)c(C(=O)c2cc(OC)c(O)c(OC)c2)c(OC)c1. The van der Waals surface area contributed by atoms with Crippen LogP contribution in [0.25, 0.3) is 0 Å². The van der Waals surface area contributed by atoms with Crippen LogP contribution in [0.2, 0.25) is 0 Å². The zero-order valence-corrected chi connectivity index (χ0v) is 14.7. The molecule has 2 rings (SSSR count). The van der Waals surface area contributed by atoms with E-state index >= 15 is 0 Å². The van der Waals surface area contributed by atoms with Crippen LogP contribution in [0.1, 0.15) is 15.9 Å². The number of benzene rings is 2. The van der Waals surface area contributed by atoms with E-state index in [0.29, 0.717) is 17.2 Å². The molecule has 0 radical (unpaired) electrons. The summed E-state index contributed by atoms with van der Waals surface area (Å²) in [6.45, 7) is 0. The molecule has 0 aliphatic heterocycles. The van der Waals surface area contributed by atoms with Crippen molar-refractivity contribution in [2.24, 2.45) is 0 Å². The lowest BCUT2D eigenvalue weighted by molar-refractivity contribution is 0.103. The first kappa shape index (κ1) is 18.3. The van der Waals surface area contributed by atoms with Crippen LogP contribution in [-0.2, 0) is 0 Å². The second kappa shape index (κ2) is 7.65. The highest BCUT2D eigenvalue weighted by Crippen LogP contribution is 2.40. The second-order valence-corrected chi connectivity index (χ2v) is 4.97. The lowest BCUT2D eigenvalue weighted by Gasteiger charge is -2.15. The minimum atomic E-state index is -0.382. The van der Waals surface area contributed by atoms with Crippen molar-refractivity contribution in [1.29, 1.82) is 0 Å². The highest BCUT2D eigenvalue weighted by atomic mass is 16.5. The van der Waals surface area contributed by atoms with E-state index in [0.717, 1.165) is 0 Å². The lowest BCUT2D eigenvalue weighted by atomic mass is 10.00. The average Bonchev–Trinajstić information content (AvgIpc) is 2.66. The van der Waals surface area contributed by atoms with Crippen molar-refractivity contribution < 1.29 is 33.6 Å². The Labute approximate surface area is 145 Å². The maximum atomic E-state index is 13.1. The van der Waals surface area contributed by atoms with Gasteiger partial charge < -0.3 is 28.8 Å². The topological polar surface area (TPSA) is 83.5 Å². The largest absolute Gasteiger partial charge is 0.502 e. The van der Waals surface area contributed by atoms with E-state index < -0.39 is 0 Å². The highest BCUT2D eigenvalue weighted by Gasteiger charge is 2.24. The van der Waals surface area contributed by atoms with Gasteiger partial charge in [0.05, 0.1) is 35.5 Å². The third-order valence-electron chi connectivity index (χ3n) is 3.68. The number of phenols is 1. The Hall–Kier alpha value is -3.09. The molecule has 0 spiro atoms. The predicted molar refractivity (Wildman–Crippen MR) is 90.7 cm³/mol. The van der Waals surface area contributed by atoms with Crippen LogP contribution in [0.4, 0.5) is 0 Å². The monoisotopic (exact) mass is 348 g/mol. The summed E-state index contributed by atoms with van der Waals surface area (Å²) in [7, 11) is 7.17. The summed E-state index contributed by atoms with van der Waals surface area (Å²) in [6.07, 6.45) is 0. The number of ketones is 1. The number of aromatic hydroxyl groups is 1. The molecule has 134 valence electrons. The first-order chi connectivity index (χ1) is 12.0. The van der Waals surface area contributed by atoms with Gasteiger partial charge in [0, 0.05) is 17.7 Å². The summed E-state index contributed by atoms with van der Waals surface area (Å²) in [4.78, 5) is 13.1. The number of phenolic OH excluding ortho intramolecular Hbond substituents is 1. The number of ether oxygens (including phenoxy) is 5. The van der Waals surface area contributed by atoms with E-state index in [9.17, 15) is 9.90 Å². The normalized spacial score (nSPS) is 10.1. The molecule has 0 atom stereocenters. The number of hydrogen-bond donors (Lipinski definition) is 1.